The quantitative estimate of drug-likeness (QED) is 0.809. The lowest BCUT2D eigenvalue weighted by molar-refractivity contribution is 0.341. The number of rotatable bonds is 4. The van der Waals surface area contributed by atoms with Gasteiger partial charge in [0.1, 0.15) is 6.61 Å². The van der Waals surface area contributed by atoms with E-state index < -0.39 is 9.84 Å². The molecular formula is C9H14N2O3S. The van der Waals surface area contributed by atoms with Crippen molar-refractivity contribution in [2.24, 2.45) is 0 Å². The van der Waals surface area contributed by atoms with Crippen LogP contribution in [0.4, 0.5) is 5.82 Å². The molecule has 84 valence electrons. The number of pyridine rings is 1. The molecule has 0 aromatic carbocycles. The van der Waals surface area contributed by atoms with Gasteiger partial charge in [0.2, 0.25) is 0 Å². The predicted octanol–water partition coefficient (Wildman–Crippen LogP) is 0.396. The fourth-order valence-corrected chi connectivity index (χ4v) is 1.38. The summed E-state index contributed by atoms with van der Waals surface area (Å²) in [5.41, 5.74) is 6.38. The van der Waals surface area contributed by atoms with Crippen LogP contribution in [0.15, 0.2) is 12.1 Å². The van der Waals surface area contributed by atoms with Gasteiger partial charge in [0.25, 0.3) is 0 Å². The third-order valence-electron chi connectivity index (χ3n) is 1.74. The number of aromatic nitrogens is 1. The van der Waals surface area contributed by atoms with Gasteiger partial charge in [-0.25, -0.2) is 13.4 Å². The lowest BCUT2D eigenvalue weighted by Crippen LogP contribution is -2.13. The SMILES string of the molecule is Cc1ccc(OCCS(C)(=O)=O)c(N)n1. The minimum absolute atomic E-state index is 0.0275. The first-order valence-corrected chi connectivity index (χ1v) is 6.48. The van der Waals surface area contributed by atoms with Crippen molar-refractivity contribution in [3.05, 3.63) is 17.8 Å². The Morgan fingerprint density at radius 3 is 2.67 bits per heavy atom. The molecule has 15 heavy (non-hydrogen) atoms. The van der Waals surface area contributed by atoms with E-state index in [1.54, 1.807) is 12.1 Å². The zero-order valence-electron chi connectivity index (χ0n) is 8.73. The first kappa shape index (κ1) is 11.8. The van der Waals surface area contributed by atoms with E-state index in [2.05, 4.69) is 4.98 Å². The van der Waals surface area contributed by atoms with Crippen LogP contribution >= 0.6 is 0 Å². The minimum Gasteiger partial charge on any atom is -0.489 e. The highest BCUT2D eigenvalue weighted by Gasteiger charge is 2.05. The summed E-state index contributed by atoms with van der Waals surface area (Å²) in [5.74, 6) is 0.674. The zero-order chi connectivity index (χ0) is 11.5. The van der Waals surface area contributed by atoms with Crippen LogP contribution in [-0.2, 0) is 9.84 Å². The Balaban J connectivity index is 2.59. The van der Waals surface area contributed by atoms with Crippen LogP contribution in [-0.4, -0.2) is 32.0 Å². The molecule has 1 aromatic rings. The highest BCUT2D eigenvalue weighted by Crippen LogP contribution is 2.18. The van der Waals surface area contributed by atoms with Gasteiger partial charge in [-0.15, -0.1) is 0 Å². The average Bonchev–Trinajstić information content (AvgIpc) is 2.07. The Morgan fingerprint density at radius 1 is 1.47 bits per heavy atom. The molecule has 0 bridgehead atoms. The summed E-state index contributed by atoms with van der Waals surface area (Å²) in [6, 6.07) is 3.44. The summed E-state index contributed by atoms with van der Waals surface area (Å²) in [6.07, 6.45) is 1.16. The third-order valence-corrected chi connectivity index (χ3v) is 2.65. The van der Waals surface area contributed by atoms with E-state index in [-0.39, 0.29) is 18.2 Å². The van der Waals surface area contributed by atoms with Gasteiger partial charge in [0.15, 0.2) is 21.4 Å². The van der Waals surface area contributed by atoms with Gasteiger partial charge in [0.05, 0.1) is 5.75 Å². The molecule has 0 atom stereocenters. The second-order valence-corrected chi connectivity index (χ2v) is 5.57. The molecule has 0 unspecified atom stereocenters. The Morgan fingerprint density at radius 2 is 2.13 bits per heavy atom. The molecule has 0 saturated heterocycles. The van der Waals surface area contributed by atoms with Crippen LogP contribution in [0.3, 0.4) is 0 Å². The molecule has 0 fully saturated rings. The first-order chi connectivity index (χ1) is 6.88. The summed E-state index contributed by atoms with van der Waals surface area (Å²) in [5, 5.41) is 0. The highest BCUT2D eigenvalue weighted by molar-refractivity contribution is 7.90. The fourth-order valence-electron chi connectivity index (χ4n) is 0.989. The number of hydrogen-bond donors (Lipinski definition) is 1. The minimum atomic E-state index is -3.00. The van der Waals surface area contributed by atoms with E-state index in [0.29, 0.717) is 5.75 Å². The average molecular weight is 230 g/mol. The van der Waals surface area contributed by atoms with Crippen molar-refractivity contribution in [1.82, 2.24) is 4.98 Å². The van der Waals surface area contributed by atoms with Crippen molar-refractivity contribution < 1.29 is 13.2 Å². The lowest BCUT2D eigenvalue weighted by Gasteiger charge is -2.07. The van der Waals surface area contributed by atoms with E-state index in [4.69, 9.17) is 10.5 Å². The van der Waals surface area contributed by atoms with Crippen molar-refractivity contribution in [3.63, 3.8) is 0 Å². The van der Waals surface area contributed by atoms with E-state index in [0.717, 1.165) is 11.9 Å². The molecule has 1 heterocycles. The molecule has 0 aliphatic heterocycles. The van der Waals surface area contributed by atoms with E-state index in [9.17, 15) is 8.42 Å². The summed E-state index contributed by atoms with van der Waals surface area (Å²) in [4.78, 5) is 3.99. The lowest BCUT2D eigenvalue weighted by atomic mass is 10.3. The maximum absolute atomic E-state index is 10.8. The van der Waals surface area contributed by atoms with Crippen LogP contribution in [0.5, 0.6) is 5.75 Å². The smallest absolute Gasteiger partial charge is 0.166 e. The maximum Gasteiger partial charge on any atom is 0.166 e. The summed E-state index contributed by atoms with van der Waals surface area (Å²) in [6.45, 7) is 1.91. The van der Waals surface area contributed by atoms with Crippen molar-refractivity contribution in [1.29, 1.82) is 0 Å². The van der Waals surface area contributed by atoms with E-state index in [1.807, 2.05) is 6.92 Å². The first-order valence-electron chi connectivity index (χ1n) is 4.42. The number of nitrogens with two attached hydrogens (primary N) is 1. The summed E-state index contributed by atoms with van der Waals surface area (Å²) in [7, 11) is -3.00. The molecule has 1 rings (SSSR count). The largest absolute Gasteiger partial charge is 0.489 e. The Bertz CT molecular complexity index is 443. The normalized spacial score (nSPS) is 11.3. The van der Waals surface area contributed by atoms with E-state index >= 15 is 0 Å². The topological polar surface area (TPSA) is 82.3 Å². The second kappa shape index (κ2) is 4.48. The highest BCUT2D eigenvalue weighted by atomic mass is 32.2. The summed E-state index contributed by atoms with van der Waals surface area (Å²) >= 11 is 0. The number of sulfone groups is 1. The Hall–Kier alpha value is -1.30. The van der Waals surface area contributed by atoms with Crippen LogP contribution < -0.4 is 10.5 Å². The Labute approximate surface area is 89.2 Å². The molecule has 6 heteroatoms. The van der Waals surface area contributed by atoms with Gasteiger partial charge in [-0.1, -0.05) is 0 Å². The second-order valence-electron chi connectivity index (χ2n) is 3.31. The van der Waals surface area contributed by atoms with Gasteiger partial charge in [-0.05, 0) is 19.1 Å². The molecule has 0 spiro atoms. The van der Waals surface area contributed by atoms with Gasteiger partial charge < -0.3 is 10.5 Å². The van der Waals surface area contributed by atoms with Gasteiger partial charge in [0, 0.05) is 11.9 Å². The third kappa shape index (κ3) is 4.16. The van der Waals surface area contributed by atoms with Crippen LogP contribution in [0.25, 0.3) is 0 Å². The summed E-state index contributed by atoms with van der Waals surface area (Å²) < 4.78 is 26.9. The number of nitrogen functional groups attached to an aromatic ring is 1. The number of aryl methyl sites for hydroxylation is 1. The predicted molar refractivity (Wildman–Crippen MR) is 58.6 cm³/mol. The molecule has 5 nitrogen and oxygen atoms in total. The molecule has 0 aliphatic rings. The van der Waals surface area contributed by atoms with Gasteiger partial charge >= 0.3 is 0 Å². The molecule has 0 amide bonds. The number of ether oxygens (including phenoxy) is 1. The van der Waals surface area contributed by atoms with Crippen molar-refractivity contribution in [2.45, 2.75) is 6.92 Å². The van der Waals surface area contributed by atoms with Crippen molar-refractivity contribution >= 4 is 15.7 Å². The fraction of sp³-hybridized carbons (Fsp3) is 0.444. The van der Waals surface area contributed by atoms with Gasteiger partial charge in [-0.2, -0.15) is 0 Å². The van der Waals surface area contributed by atoms with Crippen LogP contribution in [0, 0.1) is 6.92 Å². The monoisotopic (exact) mass is 230 g/mol. The zero-order valence-corrected chi connectivity index (χ0v) is 9.54. The molecule has 1 aromatic heterocycles. The standard InChI is InChI=1S/C9H14N2O3S/c1-7-3-4-8(9(10)11-7)14-5-6-15(2,12)13/h3-4H,5-6H2,1-2H3,(H2,10,11). The van der Waals surface area contributed by atoms with E-state index in [1.165, 1.54) is 0 Å². The number of anilines is 1. The molecule has 0 aliphatic carbocycles. The molecule has 0 saturated carbocycles. The van der Waals surface area contributed by atoms with Crippen LogP contribution in [0.2, 0.25) is 0 Å². The molecular weight excluding hydrogens is 216 g/mol. The maximum atomic E-state index is 10.8. The number of nitrogens with zero attached hydrogens (tertiary/aromatic N) is 1. The van der Waals surface area contributed by atoms with Crippen LogP contribution in [0.1, 0.15) is 5.69 Å². The van der Waals surface area contributed by atoms with Crippen molar-refractivity contribution in [2.75, 3.05) is 24.3 Å². The molecule has 0 radical (unpaired) electrons. The van der Waals surface area contributed by atoms with Crippen molar-refractivity contribution in [3.8, 4) is 5.75 Å². The molecule has 2 N–H and O–H groups in total. The number of hydrogen-bond acceptors (Lipinski definition) is 5. The van der Waals surface area contributed by atoms with Gasteiger partial charge in [-0.3, -0.25) is 0 Å². The Kier molecular flexibility index (Phi) is 3.52.